The fourth-order valence-electron chi connectivity index (χ4n) is 5.66. The largest absolute Gasteiger partial charge is 0.870 e. The zero-order valence-electron chi connectivity index (χ0n) is 25.1. The molecule has 1 aliphatic heterocycles. The minimum atomic E-state index is -0.767. The number of hydrogen-bond donors (Lipinski definition) is 0. The van der Waals surface area contributed by atoms with Crippen LogP contribution in [0.5, 0.6) is 0 Å². The van der Waals surface area contributed by atoms with Crippen molar-refractivity contribution in [3.8, 4) is 0 Å². The molecule has 2 aliphatic rings. The first kappa shape index (κ1) is 30.3. The molecule has 0 bridgehead atoms. The number of hydrogen-bond acceptors (Lipinski definition) is 9. The van der Waals surface area contributed by atoms with Gasteiger partial charge in [0.25, 0.3) is 11.8 Å². The smallest absolute Gasteiger partial charge is 0.339 e. The van der Waals surface area contributed by atoms with Crippen molar-refractivity contribution in [2.75, 3.05) is 18.0 Å². The van der Waals surface area contributed by atoms with Gasteiger partial charge in [0.1, 0.15) is 12.3 Å². The Labute approximate surface area is 255 Å². The summed E-state index contributed by atoms with van der Waals surface area (Å²) in [6.45, 7) is 9.17. The van der Waals surface area contributed by atoms with Crippen molar-refractivity contribution in [2.24, 2.45) is 10.2 Å². The third-order valence-electron chi connectivity index (χ3n) is 8.10. The van der Waals surface area contributed by atoms with Gasteiger partial charge in [-0.25, -0.2) is 4.79 Å². The van der Waals surface area contributed by atoms with Crippen molar-refractivity contribution in [3.63, 3.8) is 0 Å². The molecule has 226 valence electrons. The van der Waals surface area contributed by atoms with Crippen LogP contribution in [0, 0.1) is 0 Å². The van der Waals surface area contributed by atoms with Crippen LogP contribution in [0.3, 0.4) is 0 Å². The summed E-state index contributed by atoms with van der Waals surface area (Å²) in [4.78, 5) is 56.9. The Hall–Kier alpha value is -5.12. The summed E-state index contributed by atoms with van der Waals surface area (Å²) >= 11 is 0. The summed E-state index contributed by atoms with van der Waals surface area (Å²) in [5.74, 6) is -3.15. The molecule has 0 N–H and O–H groups in total. The SMILES string of the molecule is CCC(CC)N1C(=O)c2c(N=NC3=C([O-])c4cc(N(CC)CC)ccc4C3=O)ccc(C(=O)OCc3ccccc3)c2C1=O. The number of anilines is 1. The lowest BCUT2D eigenvalue weighted by atomic mass is 10.0. The molecule has 0 atom stereocenters. The van der Waals surface area contributed by atoms with Crippen LogP contribution in [-0.2, 0) is 11.3 Å². The Morgan fingerprint density at radius 2 is 1.55 bits per heavy atom. The molecule has 0 fully saturated rings. The number of carbonyl (C=O) groups excluding carboxylic acids is 4. The van der Waals surface area contributed by atoms with Crippen LogP contribution < -0.4 is 10.0 Å². The van der Waals surface area contributed by atoms with Gasteiger partial charge >= 0.3 is 5.97 Å². The van der Waals surface area contributed by atoms with Gasteiger partial charge in [-0.1, -0.05) is 49.9 Å². The van der Waals surface area contributed by atoms with Gasteiger partial charge in [-0.05, 0) is 68.1 Å². The zero-order chi connectivity index (χ0) is 31.5. The normalized spacial score (nSPS) is 14.2. The maximum absolute atomic E-state index is 13.7. The van der Waals surface area contributed by atoms with Crippen LogP contribution in [0.1, 0.15) is 93.1 Å². The van der Waals surface area contributed by atoms with Crippen LogP contribution >= 0.6 is 0 Å². The van der Waals surface area contributed by atoms with Gasteiger partial charge < -0.3 is 14.7 Å². The highest BCUT2D eigenvalue weighted by Gasteiger charge is 2.43. The van der Waals surface area contributed by atoms with Gasteiger partial charge in [0.15, 0.2) is 0 Å². The minimum Gasteiger partial charge on any atom is -0.870 e. The monoisotopic (exact) mass is 593 g/mol. The molecule has 0 unspecified atom stereocenters. The maximum Gasteiger partial charge on any atom is 0.339 e. The van der Waals surface area contributed by atoms with Gasteiger partial charge in [-0.15, -0.1) is 10.2 Å². The highest BCUT2D eigenvalue weighted by Crippen LogP contribution is 2.38. The Kier molecular flexibility index (Phi) is 8.71. The first-order chi connectivity index (χ1) is 21.2. The fraction of sp³-hybridized carbons (Fsp3) is 0.294. The molecule has 2 amide bonds. The van der Waals surface area contributed by atoms with E-state index in [1.54, 1.807) is 30.3 Å². The average Bonchev–Trinajstić information content (AvgIpc) is 3.45. The first-order valence-corrected chi connectivity index (χ1v) is 14.8. The van der Waals surface area contributed by atoms with Gasteiger partial charge in [0.05, 0.1) is 22.4 Å². The van der Waals surface area contributed by atoms with Gasteiger partial charge in [0.2, 0.25) is 5.78 Å². The number of nitrogens with zero attached hydrogens (tertiary/aromatic N) is 4. The van der Waals surface area contributed by atoms with Crippen molar-refractivity contribution in [3.05, 3.63) is 99.7 Å². The molecule has 0 saturated heterocycles. The number of esters is 1. The molecule has 0 aromatic heterocycles. The van der Waals surface area contributed by atoms with E-state index in [1.165, 1.54) is 12.1 Å². The molecule has 0 radical (unpaired) electrons. The molecule has 3 aromatic carbocycles. The minimum absolute atomic E-state index is 0.0204. The number of ketones is 1. The molecule has 10 nitrogen and oxygen atoms in total. The second kappa shape index (κ2) is 12.6. The molecular formula is C34H33N4O6-. The Morgan fingerprint density at radius 3 is 2.20 bits per heavy atom. The van der Waals surface area contributed by atoms with Gasteiger partial charge in [0, 0.05) is 30.4 Å². The van der Waals surface area contributed by atoms with Crippen LogP contribution in [-0.4, -0.2) is 47.6 Å². The molecule has 10 heteroatoms. The summed E-state index contributed by atoms with van der Waals surface area (Å²) in [6, 6.07) is 16.5. The number of rotatable bonds is 11. The number of imide groups is 1. The van der Waals surface area contributed by atoms with Crippen molar-refractivity contribution in [1.29, 1.82) is 0 Å². The number of allylic oxidation sites excluding steroid dienone is 1. The van der Waals surface area contributed by atoms with E-state index >= 15 is 0 Å². The van der Waals surface area contributed by atoms with Crippen molar-refractivity contribution < 1.29 is 29.0 Å². The highest BCUT2D eigenvalue weighted by atomic mass is 16.5. The number of carbonyl (C=O) groups is 4. The van der Waals surface area contributed by atoms with E-state index < -0.39 is 35.4 Å². The lowest BCUT2D eigenvalue weighted by molar-refractivity contribution is -0.244. The van der Waals surface area contributed by atoms with Crippen molar-refractivity contribution in [2.45, 2.75) is 53.2 Å². The molecule has 1 aliphatic carbocycles. The van der Waals surface area contributed by atoms with Crippen LogP contribution in [0.2, 0.25) is 0 Å². The predicted molar refractivity (Wildman–Crippen MR) is 163 cm³/mol. The molecule has 0 saturated carbocycles. The van der Waals surface area contributed by atoms with E-state index in [2.05, 4.69) is 15.1 Å². The summed E-state index contributed by atoms with van der Waals surface area (Å²) in [5.41, 5.74) is 1.32. The molecule has 3 aromatic rings. The fourth-order valence-corrected chi connectivity index (χ4v) is 5.66. The average molecular weight is 594 g/mol. The Morgan fingerprint density at radius 1 is 0.864 bits per heavy atom. The third kappa shape index (κ3) is 5.27. The van der Waals surface area contributed by atoms with E-state index in [4.69, 9.17) is 4.74 Å². The second-order valence-corrected chi connectivity index (χ2v) is 10.5. The highest BCUT2D eigenvalue weighted by molar-refractivity contribution is 6.26. The van der Waals surface area contributed by atoms with E-state index in [1.807, 2.05) is 45.9 Å². The standard InChI is InChI=1S/C34H34N4O6/c1-5-21(6-2)38-32(41)27-24(34(43)44-19-20-12-10-9-11-13-20)16-17-26(28(27)33(38)42)35-36-29-30(39)23-15-14-22(37(7-3)8-4)18-25(23)31(29)40/h9-18,21,40H,5-8,19H2,1-4H3/p-1. The summed E-state index contributed by atoms with van der Waals surface area (Å²) < 4.78 is 5.49. The quantitative estimate of drug-likeness (QED) is 0.159. The second-order valence-electron chi connectivity index (χ2n) is 10.5. The van der Waals surface area contributed by atoms with Gasteiger partial charge in [-0.2, -0.15) is 0 Å². The Balaban J connectivity index is 1.53. The lowest BCUT2D eigenvalue weighted by Crippen LogP contribution is -2.39. The van der Waals surface area contributed by atoms with E-state index in [0.29, 0.717) is 12.8 Å². The van der Waals surface area contributed by atoms with E-state index in [-0.39, 0.29) is 45.8 Å². The number of amides is 2. The molecule has 44 heavy (non-hydrogen) atoms. The first-order valence-electron chi connectivity index (χ1n) is 14.8. The maximum atomic E-state index is 13.7. The zero-order valence-corrected chi connectivity index (χ0v) is 25.1. The lowest BCUT2D eigenvalue weighted by Gasteiger charge is -2.23. The summed E-state index contributed by atoms with van der Waals surface area (Å²) in [7, 11) is 0. The number of Topliss-reactive ketones (excluding diaryl/α,β-unsaturated/α-hetero) is 1. The van der Waals surface area contributed by atoms with Crippen LogP contribution in [0.25, 0.3) is 5.76 Å². The van der Waals surface area contributed by atoms with E-state index in [9.17, 15) is 24.3 Å². The number of fused-ring (bicyclic) bond motifs is 2. The predicted octanol–water partition coefficient (Wildman–Crippen LogP) is 5.68. The third-order valence-corrected chi connectivity index (χ3v) is 8.10. The molecule has 0 spiro atoms. The van der Waals surface area contributed by atoms with Crippen molar-refractivity contribution in [1.82, 2.24) is 4.90 Å². The molecule has 1 heterocycles. The van der Waals surface area contributed by atoms with Crippen LogP contribution in [0.4, 0.5) is 11.4 Å². The van der Waals surface area contributed by atoms with E-state index in [0.717, 1.165) is 29.2 Å². The molecule has 5 rings (SSSR count). The number of ether oxygens (including phenoxy) is 1. The number of azo groups is 1. The van der Waals surface area contributed by atoms with Crippen molar-refractivity contribution >= 4 is 40.7 Å². The Bertz CT molecular complexity index is 1700. The van der Waals surface area contributed by atoms with Crippen LogP contribution in [0.15, 0.2) is 76.6 Å². The number of benzene rings is 3. The summed E-state index contributed by atoms with van der Waals surface area (Å²) in [6.07, 6.45) is 1.03. The summed E-state index contributed by atoms with van der Waals surface area (Å²) in [5, 5.41) is 21.4. The van der Waals surface area contributed by atoms with Gasteiger partial charge in [-0.3, -0.25) is 19.3 Å². The molecular weight excluding hydrogens is 560 g/mol. The topological polar surface area (TPSA) is 132 Å².